The average molecular weight is 466 g/mol. The number of nitrogens with zero attached hydrogens (tertiary/aromatic N) is 3. The number of ether oxygens (including phenoxy) is 1. The highest BCUT2D eigenvalue weighted by molar-refractivity contribution is 6.31. The topological polar surface area (TPSA) is 92.0 Å². The van der Waals surface area contributed by atoms with Crippen LogP contribution in [-0.2, 0) is 14.4 Å². The van der Waals surface area contributed by atoms with Crippen LogP contribution in [0.25, 0.3) is 0 Å². The second-order valence-electron chi connectivity index (χ2n) is 8.77. The van der Waals surface area contributed by atoms with E-state index in [9.17, 15) is 14.0 Å². The Kier molecular flexibility index (Phi) is 4.46. The first-order valence-electron chi connectivity index (χ1n) is 10.7. The molecule has 4 aliphatic rings. The molecular weight excluding hydrogens is 449 g/mol. The lowest BCUT2D eigenvalue weighted by Crippen LogP contribution is -2.41. The minimum atomic E-state index is -0.604. The van der Waals surface area contributed by atoms with Crippen molar-refractivity contribution in [3.8, 4) is 11.8 Å². The molecule has 0 aromatic heterocycles. The van der Waals surface area contributed by atoms with Gasteiger partial charge in [0, 0.05) is 17.4 Å². The van der Waals surface area contributed by atoms with Crippen molar-refractivity contribution in [1.29, 1.82) is 5.26 Å². The standard InChI is InChI=1S/C24H17ClFN3O4/c25-16-9-12(3-6-17(16)26)29-23(30)18-14-10-15(19(18)24(29)31)22-20(14)21(28-33-22)11-1-4-13(5-2-11)32-8-7-27/h1-6,9,14-15,18-20,22H,8,10H2/t14-,15+,18+,19-,20+,22+/m0/s1. The van der Waals surface area contributed by atoms with Gasteiger partial charge in [0.25, 0.3) is 0 Å². The third-order valence-corrected chi connectivity index (χ3v) is 7.60. The molecule has 2 aromatic rings. The van der Waals surface area contributed by atoms with Crippen LogP contribution in [0.15, 0.2) is 47.6 Å². The summed E-state index contributed by atoms with van der Waals surface area (Å²) in [6.07, 6.45) is 0.469. The van der Waals surface area contributed by atoms with Crippen LogP contribution in [0.2, 0.25) is 5.02 Å². The molecule has 0 unspecified atom stereocenters. The van der Waals surface area contributed by atoms with E-state index in [1.165, 1.54) is 12.1 Å². The Balaban J connectivity index is 1.28. The monoisotopic (exact) mass is 465 g/mol. The SMILES string of the molecule is N#CCOc1ccc(C2=NO[C@@H]3[C@@H]4C[C@@H]([C@H]5C(=O)N(c6ccc(F)c(Cl)c6)C(=O)[C@@H]45)[C@H]23)cc1. The Labute approximate surface area is 193 Å². The van der Waals surface area contributed by atoms with Gasteiger partial charge in [0.2, 0.25) is 11.8 Å². The quantitative estimate of drug-likeness (QED) is 0.644. The molecule has 2 amide bonds. The molecule has 166 valence electrons. The molecule has 0 spiro atoms. The number of benzene rings is 2. The number of hydrogen-bond donors (Lipinski definition) is 0. The molecule has 0 radical (unpaired) electrons. The second kappa shape index (κ2) is 7.29. The van der Waals surface area contributed by atoms with Gasteiger partial charge in [0.1, 0.15) is 23.7 Å². The Morgan fingerprint density at radius 1 is 1.12 bits per heavy atom. The van der Waals surface area contributed by atoms with Crippen molar-refractivity contribution in [2.75, 3.05) is 11.5 Å². The molecule has 6 rings (SSSR count). The summed E-state index contributed by atoms with van der Waals surface area (Å²) in [7, 11) is 0. The van der Waals surface area contributed by atoms with Gasteiger partial charge in [-0.2, -0.15) is 5.26 Å². The number of hydrogen-bond acceptors (Lipinski definition) is 6. The summed E-state index contributed by atoms with van der Waals surface area (Å²) in [6.45, 7) is -0.0349. The van der Waals surface area contributed by atoms with Crippen LogP contribution in [0.1, 0.15) is 12.0 Å². The van der Waals surface area contributed by atoms with E-state index < -0.39 is 17.7 Å². The van der Waals surface area contributed by atoms with E-state index in [0.29, 0.717) is 5.75 Å². The largest absolute Gasteiger partial charge is 0.479 e. The summed E-state index contributed by atoms with van der Waals surface area (Å²) in [4.78, 5) is 33.6. The molecule has 2 aliphatic carbocycles. The van der Waals surface area contributed by atoms with E-state index in [0.717, 1.165) is 28.7 Å². The van der Waals surface area contributed by atoms with Crippen molar-refractivity contribution in [3.63, 3.8) is 0 Å². The smallest absolute Gasteiger partial charge is 0.238 e. The number of nitriles is 1. The number of rotatable bonds is 4. The number of imide groups is 1. The third-order valence-electron chi connectivity index (χ3n) is 7.31. The van der Waals surface area contributed by atoms with E-state index in [1.807, 2.05) is 18.2 Å². The first-order chi connectivity index (χ1) is 16.0. The molecule has 7 nitrogen and oxygen atoms in total. The maximum absolute atomic E-state index is 13.6. The van der Waals surface area contributed by atoms with Crippen LogP contribution in [-0.4, -0.2) is 30.2 Å². The van der Waals surface area contributed by atoms with Gasteiger partial charge in [-0.15, -0.1) is 0 Å². The summed E-state index contributed by atoms with van der Waals surface area (Å²) >= 11 is 5.90. The zero-order chi connectivity index (χ0) is 22.9. The van der Waals surface area contributed by atoms with Gasteiger partial charge < -0.3 is 9.57 Å². The molecular formula is C24H17ClFN3O4. The predicted octanol–water partition coefficient (Wildman–Crippen LogP) is 3.56. The van der Waals surface area contributed by atoms with Crippen LogP contribution >= 0.6 is 11.6 Å². The van der Waals surface area contributed by atoms with Gasteiger partial charge in [-0.1, -0.05) is 16.8 Å². The van der Waals surface area contributed by atoms with Crippen LogP contribution < -0.4 is 9.64 Å². The van der Waals surface area contributed by atoms with Crippen molar-refractivity contribution in [2.45, 2.75) is 12.5 Å². The van der Waals surface area contributed by atoms with E-state index in [2.05, 4.69) is 5.16 Å². The highest BCUT2D eigenvalue weighted by atomic mass is 35.5. The number of carbonyl (C=O) groups excluding carboxylic acids is 2. The molecule has 33 heavy (non-hydrogen) atoms. The molecule has 1 saturated heterocycles. The van der Waals surface area contributed by atoms with Crippen LogP contribution in [0.5, 0.6) is 5.75 Å². The normalized spacial score (nSPS) is 31.2. The molecule has 2 bridgehead atoms. The van der Waals surface area contributed by atoms with Crippen LogP contribution in [0.3, 0.4) is 0 Å². The number of halogens is 2. The van der Waals surface area contributed by atoms with Gasteiger partial charge in [-0.05, 0) is 54.8 Å². The number of carbonyl (C=O) groups is 2. The van der Waals surface area contributed by atoms with Crippen molar-refractivity contribution in [1.82, 2.24) is 0 Å². The predicted molar refractivity (Wildman–Crippen MR) is 115 cm³/mol. The number of oxime groups is 1. The lowest BCUT2D eigenvalue weighted by Gasteiger charge is -2.29. The first-order valence-corrected chi connectivity index (χ1v) is 11.0. The fraction of sp³-hybridized carbons (Fsp3) is 0.333. The molecule has 9 heteroatoms. The van der Waals surface area contributed by atoms with Gasteiger partial charge in [0.15, 0.2) is 6.61 Å². The van der Waals surface area contributed by atoms with Crippen molar-refractivity contribution < 1.29 is 23.6 Å². The number of amides is 2. The lowest BCUT2D eigenvalue weighted by atomic mass is 9.71. The Bertz CT molecular complexity index is 1260. The zero-order valence-electron chi connectivity index (χ0n) is 17.2. The molecule has 3 fully saturated rings. The summed E-state index contributed by atoms with van der Waals surface area (Å²) < 4.78 is 18.9. The lowest BCUT2D eigenvalue weighted by molar-refractivity contribution is -0.125. The molecule has 0 N–H and O–H groups in total. The van der Waals surface area contributed by atoms with Gasteiger partial charge in [-0.3, -0.25) is 9.59 Å². The van der Waals surface area contributed by atoms with Gasteiger partial charge in [-0.25, -0.2) is 9.29 Å². The highest BCUT2D eigenvalue weighted by Gasteiger charge is 2.70. The Morgan fingerprint density at radius 2 is 1.85 bits per heavy atom. The van der Waals surface area contributed by atoms with E-state index in [4.69, 9.17) is 26.4 Å². The molecule has 6 atom stereocenters. The van der Waals surface area contributed by atoms with Crippen LogP contribution in [0, 0.1) is 46.7 Å². The maximum atomic E-state index is 13.6. The van der Waals surface area contributed by atoms with Gasteiger partial charge in [0.05, 0.1) is 28.3 Å². The van der Waals surface area contributed by atoms with Crippen molar-refractivity contribution in [3.05, 3.63) is 58.9 Å². The van der Waals surface area contributed by atoms with Crippen LogP contribution in [0.4, 0.5) is 10.1 Å². The number of fused-ring (bicyclic) bond motifs is 8. The van der Waals surface area contributed by atoms with E-state index >= 15 is 0 Å². The molecule has 2 saturated carbocycles. The maximum Gasteiger partial charge on any atom is 0.238 e. The Hall–Kier alpha value is -3.44. The second-order valence-corrected chi connectivity index (χ2v) is 9.18. The average Bonchev–Trinajstić information content (AvgIpc) is 3.55. The summed E-state index contributed by atoms with van der Waals surface area (Å²) in [5, 5.41) is 12.9. The van der Waals surface area contributed by atoms with E-state index in [-0.39, 0.29) is 53.0 Å². The highest BCUT2D eigenvalue weighted by Crippen LogP contribution is 2.62. The van der Waals surface area contributed by atoms with Gasteiger partial charge >= 0.3 is 0 Å². The van der Waals surface area contributed by atoms with Crippen molar-refractivity contribution >= 4 is 34.8 Å². The minimum absolute atomic E-state index is 0.0349. The summed E-state index contributed by atoms with van der Waals surface area (Å²) in [5.41, 5.74) is 1.91. The molecule has 2 aromatic carbocycles. The van der Waals surface area contributed by atoms with Crippen molar-refractivity contribution in [2.24, 2.45) is 34.7 Å². The van der Waals surface area contributed by atoms with E-state index in [1.54, 1.807) is 12.1 Å². The Morgan fingerprint density at radius 3 is 2.55 bits per heavy atom. The molecule has 2 heterocycles. The summed E-state index contributed by atoms with van der Waals surface area (Å²) in [5.74, 6) is -1.78. The minimum Gasteiger partial charge on any atom is -0.479 e. The number of anilines is 1. The first kappa shape index (κ1) is 20.2. The summed E-state index contributed by atoms with van der Waals surface area (Å²) in [6, 6.07) is 13.1. The fourth-order valence-corrected chi connectivity index (χ4v) is 6.26. The fourth-order valence-electron chi connectivity index (χ4n) is 6.08. The molecule has 2 aliphatic heterocycles. The zero-order valence-corrected chi connectivity index (χ0v) is 17.9. The third kappa shape index (κ3) is 2.82.